The number of rotatable bonds is 11. The zero-order valence-corrected chi connectivity index (χ0v) is 15.7. The minimum atomic E-state index is -0.499. The van der Waals surface area contributed by atoms with Gasteiger partial charge in [-0.15, -0.1) is 0 Å². The van der Waals surface area contributed by atoms with Crippen LogP contribution in [-0.4, -0.2) is 17.4 Å². The van der Waals surface area contributed by atoms with Crippen molar-refractivity contribution in [3.05, 3.63) is 53.7 Å². The summed E-state index contributed by atoms with van der Waals surface area (Å²) in [5, 5.41) is 3.55. The third-order valence-corrected chi connectivity index (χ3v) is 4.47. The molecule has 0 aliphatic rings. The number of carbonyl (C=O) groups is 1. The van der Waals surface area contributed by atoms with E-state index in [0.29, 0.717) is 17.2 Å². The highest BCUT2D eigenvalue weighted by Gasteiger charge is 2.06. The quantitative estimate of drug-likeness (QED) is 0.631. The number of unbranched alkanes of at least 4 members (excludes halogenated alkanes) is 1. The minimum absolute atomic E-state index is 0.364. The molecule has 1 heterocycles. The molecule has 26 heavy (non-hydrogen) atoms. The number of aromatic nitrogens is 1. The molecule has 0 aliphatic carbocycles. The number of nitrogens with zero attached hydrogens (tertiary/aromatic N) is 1. The topological polar surface area (TPSA) is 77.2 Å². The van der Waals surface area contributed by atoms with Crippen molar-refractivity contribution in [1.29, 1.82) is 0 Å². The van der Waals surface area contributed by atoms with Crippen LogP contribution in [0.25, 0.3) is 0 Å². The normalized spacial score (nSPS) is 11.9. The van der Waals surface area contributed by atoms with E-state index in [1.165, 1.54) is 37.4 Å². The van der Waals surface area contributed by atoms with Crippen LogP contribution in [0.15, 0.2) is 42.6 Å². The summed E-state index contributed by atoms with van der Waals surface area (Å²) in [6.45, 7) is 6.42. The Morgan fingerprint density at radius 3 is 2.54 bits per heavy atom. The van der Waals surface area contributed by atoms with Gasteiger partial charge in [0.05, 0.1) is 5.56 Å². The second kappa shape index (κ2) is 10.6. The number of pyridine rings is 1. The highest BCUT2D eigenvalue weighted by molar-refractivity contribution is 5.92. The van der Waals surface area contributed by atoms with Gasteiger partial charge in [0.2, 0.25) is 11.8 Å². The van der Waals surface area contributed by atoms with Gasteiger partial charge in [-0.25, -0.2) is 4.98 Å². The van der Waals surface area contributed by atoms with Crippen molar-refractivity contribution in [2.24, 2.45) is 11.7 Å². The van der Waals surface area contributed by atoms with Crippen molar-refractivity contribution < 1.29 is 9.53 Å². The number of hydrogen-bond acceptors (Lipinski definition) is 4. The van der Waals surface area contributed by atoms with Gasteiger partial charge in [-0.2, -0.15) is 0 Å². The van der Waals surface area contributed by atoms with Crippen LogP contribution in [0.2, 0.25) is 0 Å². The number of ether oxygens (including phenoxy) is 1. The molecular formula is C21H29N3O2. The first-order chi connectivity index (χ1) is 12.6. The summed E-state index contributed by atoms with van der Waals surface area (Å²) in [6, 6.07) is 11.2. The molecule has 5 heteroatoms. The van der Waals surface area contributed by atoms with Crippen LogP contribution in [0, 0.1) is 5.92 Å². The smallest absolute Gasteiger partial charge is 0.250 e. The monoisotopic (exact) mass is 355 g/mol. The number of benzene rings is 1. The average Bonchev–Trinajstić information content (AvgIpc) is 2.66. The molecule has 140 valence electrons. The van der Waals surface area contributed by atoms with E-state index in [-0.39, 0.29) is 0 Å². The first-order valence-electron chi connectivity index (χ1n) is 9.35. The molecule has 0 bridgehead atoms. The first-order valence-corrected chi connectivity index (χ1v) is 9.35. The van der Waals surface area contributed by atoms with E-state index in [4.69, 9.17) is 10.5 Å². The molecule has 0 fully saturated rings. The Kier molecular flexibility index (Phi) is 8.09. The molecule has 0 spiro atoms. The second-order valence-corrected chi connectivity index (χ2v) is 6.54. The molecule has 1 atom stereocenters. The molecule has 0 saturated carbocycles. The third-order valence-electron chi connectivity index (χ3n) is 4.47. The van der Waals surface area contributed by atoms with Crippen molar-refractivity contribution in [3.8, 4) is 11.6 Å². The molecular weight excluding hydrogens is 326 g/mol. The van der Waals surface area contributed by atoms with E-state index >= 15 is 0 Å². The van der Waals surface area contributed by atoms with Crippen molar-refractivity contribution in [2.75, 3.05) is 6.54 Å². The SMILES string of the molecule is CCCCC(CC)CNCc1ccc(Oc2ccc(C(N)=O)cn2)cc1. The third kappa shape index (κ3) is 6.48. The second-order valence-electron chi connectivity index (χ2n) is 6.54. The lowest BCUT2D eigenvalue weighted by Crippen LogP contribution is -2.22. The first kappa shape index (κ1) is 19.9. The van der Waals surface area contributed by atoms with Gasteiger partial charge in [0.1, 0.15) is 5.75 Å². The summed E-state index contributed by atoms with van der Waals surface area (Å²) in [5.74, 6) is 1.40. The fourth-order valence-corrected chi connectivity index (χ4v) is 2.75. The Labute approximate surface area is 156 Å². The standard InChI is InChI=1S/C21H29N3O2/c1-3-5-6-16(4-2)13-23-14-17-7-10-19(11-8-17)26-20-12-9-18(15-24-20)21(22)25/h7-12,15-16,23H,3-6,13-14H2,1-2H3,(H2,22,25). The summed E-state index contributed by atoms with van der Waals surface area (Å²) in [6.07, 6.45) is 6.51. The summed E-state index contributed by atoms with van der Waals surface area (Å²) in [7, 11) is 0. The Hall–Kier alpha value is -2.40. The van der Waals surface area contributed by atoms with Gasteiger partial charge in [0.25, 0.3) is 0 Å². The molecule has 0 aliphatic heterocycles. The molecule has 5 nitrogen and oxygen atoms in total. The van der Waals surface area contributed by atoms with Gasteiger partial charge in [0, 0.05) is 18.8 Å². The van der Waals surface area contributed by atoms with E-state index in [2.05, 4.69) is 24.1 Å². The van der Waals surface area contributed by atoms with E-state index in [1.807, 2.05) is 24.3 Å². The lowest BCUT2D eigenvalue weighted by atomic mass is 9.99. The number of carbonyl (C=O) groups excluding carboxylic acids is 1. The van der Waals surface area contributed by atoms with Crippen LogP contribution in [-0.2, 0) is 6.54 Å². The van der Waals surface area contributed by atoms with E-state index in [1.54, 1.807) is 12.1 Å². The molecule has 0 radical (unpaired) electrons. The fraction of sp³-hybridized carbons (Fsp3) is 0.429. The number of nitrogens with one attached hydrogen (secondary N) is 1. The number of nitrogens with two attached hydrogens (primary N) is 1. The van der Waals surface area contributed by atoms with Crippen molar-refractivity contribution in [2.45, 2.75) is 46.1 Å². The van der Waals surface area contributed by atoms with Crippen molar-refractivity contribution in [1.82, 2.24) is 10.3 Å². The number of amides is 1. The Balaban J connectivity index is 1.81. The summed E-state index contributed by atoms with van der Waals surface area (Å²) in [4.78, 5) is 15.1. The highest BCUT2D eigenvalue weighted by Crippen LogP contribution is 2.20. The maximum Gasteiger partial charge on any atom is 0.250 e. The number of primary amides is 1. The molecule has 1 amide bonds. The zero-order chi connectivity index (χ0) is 18.8. The van der Waals surface area contributed by atoms with Gasteiger partial charge < -0.3 is 15.8 Å². The molecule has 2 rings (SSSR count). The summed E-state index contributed by atoms with van der Waals surface area (Å²) >= 11 is 0. The molecule has 1 aromatic heterocycles. The van der Waals surface area contributed by atoms with E-state index in [0.717, 1.165) is 19.0 Å². The van der Waals surface area contributed by atoms with Crippen molar-refractivity contribution >= 4 is 5.91 Å². The lowest BCUT2D eigenvalue weighted by Gasteiger charge is -2.15. The van der Waals surface area contributed by atoms with Crippen LogP contribution in [0.3, 0.4) is 0 Å². The number of hydrogen-bond donors (Lipinski definition) is 2. The van der Waals surface area contributed by atoms with Gasteiger partial charge >= 0.3 is 0 Å². The minimum Gasteiger partial charge on any atom is -0.439 e. The van der Waals surface area contributed by atoms with Gasteiger partial charge in [-0.05, 0) is 42.6 Å². The Bertz CT molecular complexity index is 669. The van der Waals surface area contributed by atoms with Gasteiger partial charge in [-0.1, -0.05) is 45.2 Å². The predicted molar refractivity (Wildman–Crippen MR) is 104 cm³/mol. The summed E-state index contributed by atoms with van der Waals surface area (Å²) in [5.41, 5.74) is 6.78. The lowest BCUT2D eigenvalue weighted by molar-refractivity contribution is 0.1000. The molecule has 2 aromatic rings. The Morgan fingerprint density at radius 2 is 1.96 bits per heavy atom. The average molecular weight is 355 g/mol. The van der Waals surface area contributed by atoms with Crippen LogP contribution in [0.1, 0.15) is 55.5 Å². The zero-order valence-electron chi connectivity index (χ0n) is 15.7. The fourth-order valence-electron chi connectivity index (χ4n) is 2.75. The van der Waals surface area contributed by atoms with Crippen LogP contribution < -0.4 is 15.8 Å². The van der Waals surface area contributed by atoms with Crippen molar-refractivity contribution in [3.63, 3.8) is 0 Å². The molecule has 1 unspecified atom stereocenters. The van der Waals surface area contributed by atoms with Gasteiger partial charge in [-0.3, -0.25) is 4.79 Å². The maximum absolute atomic E-state index is 11.0. The highest BCUT2D eigenvalue weighted by atomic mass is 16.5. The molecule has 3 N–H and O–H groups in total. The Morgan fingerprint density at radius 1 is 1.19 bits per heavy atom. The maximum atomic E-state index is 11.0. The largest absolute Gasteiger partial charge is 0.439 e. The predicted octanol–water partition coefficient (Wildman–Crippen LogP) is 4.28. The van der Waals surface area contributed by atoms with E-state index < -0.39 is 5.91 Å². The molecule has 1 aromatic carbocycles. The molecule has 0 saturated heterocycles. The van der Waals surface area contributed by atoms with E-state index in [9.17, 15) is 4.79 Å². The van der Waals surface area contributed by atoms with Crippen LogP contribution in [0.5, 0.6) is 11.6 Å². The van der Waals surface area contributed by atoms with Gasteiger partial charge in [0.15, 0.2) is 0 Å². The summed E-state index contributed by atoms with van der Waals surface area (Å²) < 4.78 is 5.69. The van der Waals surface area contributed by atoms with Crippen LogP contribution in [0.4, 0.5) is 0 Å². The van der Waals surface area contributed by atoms with Crippen LogP contribution >= 0.6 is 0 Å².